The maximum atomic E-state index is 12.7. The summed E-state index contributed by atoms with van der Waals surface area (Å²) in [7, 11) is 2.01. The highest BCUT2D eigenvalue weighted by molar-refractivity contribution is 6.03. The van der Waals surface area contributed by atoms with Crippen molar-refractivity contribution in [2.45, 2.75) is 32.2 Å². The zero-order valence-corrected chi connectivity index (χ0v) is 15.3. The molecule has 2 aromatic carbocycles. The summed E-state index contributed by atoms with van der Waals surface area (Å²) in [6, 6.07) is 14.1. The Morgan fingerprint density at radius 3 is 2.64 bits per heavy atom. The van der Waals surface area contributed by atoms with E-state index in [9.17, 15) is 4.79 Å². The first-order valence-electron chi connectivity index (χ1n) is 9.36. The van der Waals surface area contributed by atoms with Crippen molar-refractivity contribution in [1.82, 2.24) is 10.2 Å². The van der Waals surface area contributed by atoms with Crippen LogP contribution in [0.15, 0.2) is 42.5 Å². The number of nitrogens with zero attached hydrogens (tertiary/aromatic N) is 1. The van der Waals surface area contributed by atoms with E-state index in [0.29, 0.717) is 0 Å². The topological polar surface area (TPSA) is 44.4 Å². The monoisotopic (exact) mass is 339 g/mol. The van der Waals surface area contributed by atoms with E-state index in [0.717, 1.165) is 42.0 Å². The lowest BCUT2D eigenvalue weighted by molar-refractivity contribution is -0.121. The van der Waals surface area contributed by atoms with Crippen molar-refractivity contribution in [3.8, 4) is 0 Å². The first kappa shape index (κ1) is 17.9. The minimum atomic E-state index is -0.0933. The normalized spacial score (nSPS) is 17.5. The molecule has 1 amide bonds. The van der Waals surface area contributed by atoms with Gasteiger partial charge in [-0.2, -0.15) is 0 Å². The minimum Gasteiger partial charge on any atom is -0.324 e. The summed E-state index contributed by atoms with van der Waals surface area (Å²) in [6.07, 6.45) is 3.61. The van der Waals surface area contributed by atoms with Gasteiger partial charge in [0.25, 0.3) is 0 Å². The predicted molar refractivity (Wildman–Crippen MR) is 105 cm³/mol. The fraction of sp³-hybridized carbons (Fsp3) is 0.476. The Bertz CT molecular complexity index is 702. The van der Waals surface area contributed by atoms with Crippen LogP contribution in [0.2, 0.25) is 0 Å². The number of hydrogen-bond donors (Lipinski definition) is 2. The molecule has 4 heteroatoms. The highest BCUT2D eigenvalue weighted by atomic mass is 16.2. The number of likely N-dealkylation sites (tertiary alicyclic amines) is 1. The van der Waals surface area contributed by atoms with Gasteiger partial charge in [-0.25, -0.2) is 0 Å². The first-order chi connectivity index (χ1) is 12.2. The molecule has 25 heavy (non-hydrogen) atoms. The Balaban J connectivity index is 1.59. The number of benzene rings is 2. The predicted octanol–water partition coefficient (Wildman–Crippen LogP) is 3.49. The third kappa shape index (κ3) is 4.39. The van der Waals surface area contributed by atoms with Gasteiger partial charge in [-0.15, -0.1) is 0 Å². The molecule has 2 aromatic rings. The second-order valence-corrected chi connectivity index (χ2v) is 7.06. The first-order valence-corrected chi connectivity index (χ1v) is 9.36. The summed E-state index contributed by atoms with van der Waals surface area (Å²) < 4.78 is 0. The van der Waals surface area contributed by atoms with Gasteiger partial charge in [0.15, 0.2) is 0 Å². The molecule has 3 rings (SSSR count). The highest BCUT2D eigenvalue weighted by Gasteiger charge is 2.26. The van der Waals surface area contributed by atoms with Gasteiger partial charge in [-0.05, 0) is 70.2 Å². The van der Waals surface area contributed by atoms with E-state index < -0.39 is 0 Å². The Morgan fingerprint density at radius 1 is 1.16 bits per heavy atom. The van der Waals surface area contributed by atoms with Crippen molar-refractivity contribution in [1.29, 1.82) is 0 Å². The molecule has 1 saturated heterocycles. The maximum Gasteiger partial charge on any atom is 0.241 e. The van der Waals surface area contributed by atoms with Crippen LogP contribution in [-0.2, 0) is 4.79 Å². The number of amides is 1. The number of hydrogen-bond acceptors (Lipinski definition) is 3. The van der Waals surface area contributed by atoms with Gasteiger partial charge in [0, 0.05) is 11.1 Å². The van der Waals surface area contributed by atoms with Crippen molar-refractivity contribution in [3.63, 3.8) is 0 Å². The molecule has 134 valence electrons. The van der Waals surface area contributed by atoms with Gasteiger partial charge < -0.3 is 10.6 Å². The van der Waals surface area contributed by atoms with Crippen LogP contribution in [0.5, 0.6) is 0 Å². The Morgan fingerprint density at radius 2 is 1.88 bits per heavy atom. The molecule has 1 atom stereocenters. The SMILES string of the molecule is CNCCC1CCN(C(C)C(=O)Nc2cccc3ccccc23)CC1. The Kier molecular flexibility index (Phi) is 6.05. The van der Waals surface area contributed by atoms with Gasteiger partial charge in [-0.1, -0.05) is 36.4 Å². The van der Waals surface area contributed by atoms with E-state index >= 15 is 0 Å². The summed E-state index contributed by atoms with van der Waals surface area (Å²) in [5.74, 6) is 0.877. The van der Waals surface area contributed by atoms with Crippen molar-refractivity contribution in [2.24, 2.45) is 5.92 Å². The second-order valence-electron chi connectivity index (χ2n) is 7.06. The minimum absolute atomic E-state index is 0.0880. The molecule has 0 bridgehead atoms. The highest BCUT2D eigenvalue weighted by Crippen LogP contribution is 2.25. The number of nitrogens with one attached hydrogen (secondary N) is 2. The molecule has 1 aliphatic heterocycles. The molecular formula is C21H29N3O. The van der Waals surface area contributed by atoms with Crippen LogP contribution in [0.4, 0.5) is 5.69 Å². The average molecular weight is 339 g/mol. The van der Waals surface area contributed by atoms with E-state index in [1.165, 1.54) is 19.3 Å². The van der Waals surface area contributed by atoms with Crippen molar-refractivity contribution in [3.05, 3.63) is 42.5 Å². The van der Waals surface area contributed by atoms with Gasteiger partial charge in [0.1, 0.15) is 0 Å². The van der Waals surface area contributed by atoms with Gasteiger partial charge >= 0.3 is 0 Å². The molecule has 0 aliphatic carbocycles. The number of anilines is 1. The van der Waals surface area contributed by atoms with E-state index in [-0.39, 0.29) is 11.9 Å². The van der Waals surface area contributed by atoms with Crippen LogP contribution in [0.25, 0.3) is 10.8 Å². The zero-order valence-electron chi connectivity index (χ0n) is 15.3. The number of carbonyl (C=O) groups excluding carboxylic acids is 1. The molecule has 4 nitrogen and oxygen atoms in total. The molecule has 2 N–H and O–H groups in total. The van der Waals surface area contributed by atoms with Gasteiger partial charge in [-0.3, -0.25) is 9.69 Å². The number of piperidine rings is 1. The average Bonchev–Trinajstić information content (AvgIpc) is 2.66. The Hall–Kier alpha value is -1.91. The molecule has 1 unspecified atom stereocenters. The van der Waals surface area contributed by atoms with Crippen molar-refractivity contribution < 1.29 is 4.79 Å². The largest absolute Gasteiger partial charge is 0.324 e. The van der Waals surface area contributed by atoms with Crippen LogP contribution in [0, 0.1) is 5.92 Å². The summed E-state index contributed by atoms with van der Waals surface area (Å²) in [6.45, 7) is 5.13. The molecule has 1 fully saturated rings. The lowest BCUT2D eigenvalue weighted by atomic mass is 9.93. The number of fused-ring (bicyclic) bond motifs is 1. The van der Waals surface area contributed by atoms with E-state index in [2.05, 4.69) is 33.7 Å². The maximum absolute atomic E-state index is 12.7. The number of rotatable bonds is 6. The molecule has 0 spiro atoms. The van der Waals surface area contributed by atoms with E-state index in [4.69, 9.17) is 0 Å². The molecule has 1 heterocycles. The van der Waals surface area contributed by atoms with E-state index in [1.807, 2.05) is 38.2 Å². The molecule has 0 saturated carbocycles. The van der Waals surface area contributed by atoms with Gasteiger partial charge in [0.2, 0.25) is 5.91 Å². The lowest BCUT2D eigenvalue weighted by Gasteiger charge is -2.35. The van der Waals surface area contributed by atoms with Crippen LogP contribution in [0.3, 0.4) is 0 Å². The lowest BCUT2D eigenvalue weighted by Crippen LogP contribution is -2.46. The third-order valence-corrected chi connectivity index (χ3v) is 5.43. The van der Waals surface area contributed by atoms with Crippen LogP contribution < -0.4 is 10.6 Å². The Labute approximate surface area is 150 Å². The third-order valence-electron chi connectivity index (χ3n) is 5.43. The quantitative estimate of drug-likeness (QED) is 0.847. The van der Waals surface area contributed by atoms with Crippen molar-refractivity contribution in [2.75, 3.05) is 32.0 Å². The fourth-order valence-electron chi connectivity index (χ4n) is 3.71. The summed E-state index contributed by atoms with van der Waals surface area (Å²) >= 11 is 0. The molecule has 0 aromatic heterocycles. The van der Waals surface area contributed by atoms with Crippen molar-refractivity contribution >= 4 is 22.4 Å². The molecule has 1 aliphatic rings. The molecule has 0 radical (unpaired) electrons. The number of carbonyl (C=O) groups is 1. The standard InChI is InChI=1S/C21H29N3O/c1-16(24-14-11-17(12-15-24)10-13-22-2)21(25)23-20-9-5-7-18-6-3-4-8-19(18)20/h3-9,16-17,22H,10-15H2,1-2H3,(H,23,25). The van der Waals surface area contributed by atoms with Crippen LogP contribution in [-0.4, -0.2) is 43.5 Å². The van der Waals surface area contributed by atoms with Crippen LogP contribution in [0.1, 0.15) is 26.2 Å². The second kappa shape index (κ2) is 8.45. The summed E-state index contributed by atoms with van der Waals surface area (Å²) in [4.78, 5) is 15.1. The smallest absolute Gasteiger partial charge is 0.241 e. The fourth-order valence-corrected chi connectivity index (χ4v) is 3.71. The summed E-state index contributed by atoms with van der Waals surface area (Å²) in [5.41, 5.74) is 0.902. The van der Waals surface area contributed by atoms with Gasteiger partial charge in [0.05, 0.1) is 6.04 Å². The van der Waals surface area contributed by atoms with E-state index in [1.54, 1.807) is 0 Å². The molecular weight excluding hydrogens is 310 g/mol. The van der Waals surface area contributed by atoms with Crippen LogP contribution >= 0.6 is 0 Å². The summed E-state index contributed by atoms with van der Waals surface area (Å²) in [5, 5.41) is 8.61. The zero-order chi connectivity index (χ0) is 17.6.